The van der Waals surface area contributed by atoms with Crippen LogP contribution >= 0.6 is 0 Å². The quantitative estimate of drug-likeness (QED) is 0.623. The highest BCUT2D eigenvalue weighted by Crippen LogP contribution is 2.21. The van der Waals surface area contributed by atoms with E-state index in [4.69, 9.17) is 0 Å². The third-order valence-electron chi connectivity index (χ3n) is 4.73. The minimum atomic E-state index is -0.0736. The fourth-order valence-corrected chi connectivity index (χ4v) is 3.05. The predicted octanol–water partition coefficient (Wildman–Crippen LogP) is 4.94. The first-order chi connectivity index (χ1) is 13.9. The normalized spacial score (nSPS) is 10.7. The summed E-state index contributed by atoms with van der Waals surface area (Å²) in [7, 11) is 4.03. The Labute approximate surface area is 173 Å². The van der Waals surface area contributed by atoms with Crippen LogP contribution in [-0.4, -0.2) is 35.9 Å². The van der Waals surface area contributed by atoms with E-state index in [-0.39, 0.29) is 11.9 Å². The number of pyridine rings is 1. The van der Waals surface area contributed by atoms with E-state index in [1.807, 2.05) is 87.4 Å². The second kappa shape index (κ2) is 9.24. The van der Waals surface area contributed by atoms with E-state index < -0.39 is 0 Å². The molecule has 0 saturated heterocycles. The summed E-state index contributed by atoms with van der Waals surface area (Å²) in [4.78, 5) is 21.4. The van der Waals surface area contributed by atoms with Gasteiger partial charge in [0.1, 0.15) is 5.69 Å². The Morgan fingerprint density at radius 1 is 0.966 bits per heavy atom. The van der Waals surface area contributed by atoms with Crippen molar-refractivity contribution in [2.75, 3.05) is 24.3 Å². The SMILES string of the molecule is CC(C)N(Cc1ccccc1)C(=O)c1cc(Nc2ccc(N(C)C)cc2)ccn1. The zero-order valence-electron chi connectivity index (χ0n) is 17.5. The summed E-state index contributed by atoms with van der Waals surface area (Å²) >= 11 is 0. The summed E-state index contributed by atoms with van der Waals surface area (Å²) in [6, 6.07) is 21.9. The Bertz CT molecular complexity index is 937. The molecule has 0 bridgehead atoms. The number of hydrogen-bond donors (Lipinski definition) is 1. The van der Waals surface area contributed by atoms with Crippen LogP contribution < -0.4 is 10.2 Å². The Morgan fingerprint density at radius 3 is 2.28 bits per heavy atom. The molecule has 1 N–H and O–H groups in total. The van der Waals surface area contributed by atoms with E-state index >= 15 is 0 Å². The second-order valence-corrected chi connectivity index (χ2v) is 7.51. The lowest BCUT2D eigenvalue weighted by molar-refractivity contribution is 0.0684. The van der Waals surface area contributed by atoms with Gasteiger partial charge in [-0.1, -0.05) is 30.3 Å². The molecule has 0 unspecified atom stereocenters. The number of rotatable bonds is 7. The van der Waals surface area contributed by atoms with Crippen LogP contribution in [0.25, 0.3) is 0 Å². The minimum Gasteiger partial charge on any atom is -0.378 e. The van der Waals surface area contributed by atoms with E-state index in [0.717, 1.165) is 22.6 Å². The van der Waals surface area contributed by atoms with E-state index in [1.165, 1.54) is 0 Å². The largest absolute Gasteiger partial charge is 0.378 e. The highest BCUT2D eigenvalue weighted by Gasteiger charge is 2.20. The van der Waals surface area contributed by atoms with E-state index in [9.17, 15) is 4.79 Å². The number of aromatic nitrogens is 1. The number of benzene rings is 2. The van der Waals surface area contributed by atoms with Crippen LogP contribution in [0.15, 0.2) is 72.9 Å². The van der Waals surface area contributed by atoms with Gasteiger partial charge in [-0.15, -0.1) is 0 Å². The minimum absolute atomic E-state index is 0.0692. The molecule has 1 aromatic heterocycles. The summed E-state index contributed by atoms with van der Waals surface area (Å²) in [6.07, 6.45) is 1.67. The molecule has 5 heteroatoms. The van der Waals surface area contributed by atoms with Crippen molar-refractivity contribution in [2.45, 2.75) is 26.4 Å². The first kappa shape index (κ1) is 20.4. The van der Waals surface area contributed by atoms with Crippen molar-refractivity contribution in [2.24, 2.45) is 0 Å². The van der Waals surface area contributed by atoms with Crippen molar-refractivity contribution in [1.29, 1.82) is 0 Å². The molecule has 0 aliphatic carbocycles. The van der Waals surface area contributed by atoms with Crippen LogP contribution in [0.5, 0.6) is 0 Å². The highest BCUT2D eigenvalue weighted by molar-refractivity contribution is 5.93. The molecule has 3 aromatic rings. The maximum absolute atomic E-state index is 13.1. The summed E-state index contributed by atoms with van der Waals surface area (Å²) in [5, 5.41) is 3.35. The van der Waals surface area contributed by atoms with Crippen molar-refractivity contribution in [3.63, 3.8) is 0 Å². The first-order valence-electron chi connectivity index (χ1n) is 9.79. The zero-order chi connectivity index (χ0) is 20.8. The average Bonchev–Trinajstić information content (AvgIpc) is 2.72. The molecule has 3 rings (SSSR count). The number of amides is 1. The maximum atomic E-state index is 13.1. The number of anilines is 3. The Morgan fingerprint density at radius 2 is 1.66 bits per heavy atom. The topological polar surface area (TPSA) is 48.5 Å². The number of carbonyl (C=O) groups is 1. The third kappa shape index (κ3) is 5.35. The molecule has 0 fully saturated rings. The van der Waals surface area contributed by atoms with Gasteiger partial charge in [0.05, 0.1) is 0 Å². The maximum Gasteiger partial charge on any atom is 0.273 e. The molecule has 29 heavy (non-hydrogen) atoms. The van der Waals surface area contributed by atoms with Crippen molar-refractivity contribution >= 4 is 23.0 Å². The Balaban J connectivity index is 1.77. The summed E-state index contributed by atoms with van der Waals surface area (Å²) < 4.78 is 0. The predicted molar refractivity (Wildman–Crippen MR) is 120 cm³/mol. The Kier molecular flexibility index (Phi) is 6.50. The molecule has 1 heterocycles. The molecular formula is C24H28N4O. The first-order valence-corrected chi connectivity index (χ1v) is 9.79. The lowest BCUT2D eigenvalue weighted by atomic mass is 10.1. The molecule has 150 valence electrons. The number of nitrogens with zero attached hydrogens (tertiary/aromatic N) is 3. The summed E-state index contributed by atoms with van der Waals surface area (Å²) in [5.41, 5.74) is 4.47. The molecule has 2 aromatic carbocycles. The lowest BCUT2D eigenvalue weighted by Crippen LogP contribution is -2.36. The lowest BCUT2D eigenvalue weighted by Gasteiger charge is -2.26. The molecule has 0 aliphatic rings. The highest BCUT2D eigenvalue weighted by atomic mass is 16.2. The van der Waals surface area contributed by atoms with Gasteiger partial charge in [0, 0.05) is 49.9 Å². The monoisotopic (exact) mass is 388 g/mol. The number of carbonyl (C=O) groups excluding carboxylic acids is 1. The van der Waals surface area contributed by atoms with Gasteiger partial charge in [-0.05, 0) is 55.8 Å². The van der Waals surface area contributed by atoms with Crippen molar-refractivity contribution in [3.8, 4) is 0 Å². The Hall–Kier alpha value is -3.34. The van der Waals surface area contributed by atoms with Crippen LogP contribution in [0.4, 0.5) is 17.1 Å². The van der Waals surface area contributed by atoms with Crippen LogP contribution in [-0.2, 0) is 6.54 Å². The smallest absolute Gasteiger partial charge is 0.273 e. The van der Waals surface area contributed by atoms with Gasteiger partial charge in [-0.3, -0.25) is 9.78 Å². The standard InChI is InChI=1S/C24H28N4O/c1-18(2)28(17-19-8-6-5-7-9-19)24(29)23-16-21(14-15-25-23)26-20-10-12-22(13-11-20)27(3)4/h5-16,18H,17H2,1-4H3,(H,25,26). The number of hydrogen-bond acceptors (Lipinski definition) is 4. The molecule has 5 nitrogen and oxygen atoms in total. The molecule has 0 atom stereocenters. The molecule has 0 saturated carbocycles. The van der Waals surface area contributed by atoms with Crippen LogP contribution in [0, 0.1) is 0 Å². The van der Waals surface area contributed by atoms with Gasteiger partial charge in [0.15, 0.2) is 0 Å². The van der Waals surface area contributed by atoms with Gasteiger partial charge in [-0.25, -0.2) is 0 Å². The van der Waals surface area contributed by atoms with Gasteiger partial charge in [-0.2, -0.15) is 0 Å². The third-order valence-corrected chi connectivity index (χ3v) is 4.73. The zero-order valence-corrected chi connectivity index (χ0v) is 17.5. The van der Waals surface area contributed by atoms with Crippen LogP contribution in [0.1, 0.15) is 29.9 Å². The van der Waals surface area contributed by atoms with Gasteiger partial charge in [0.2, 0.25) is 0 Å². The fraction of sp³-hybridized carbons (Fsp3) is 0.250. The molecule has 1 amide bonds. The van der Waals surface area contributed by atoms with Gasteiger partial charge < -0.3 is 15.1 Å². The molecule has 0 spiro atoms. The van der Waals surface area contributed by atoms with Crippen LogP contribution in [0.3, 0.4) is 0 Å². The summed E-state index contributed by atoms with van der Waals surface area (Å²) in [6.45, 7) is 4.60. The van der Waals surface area contributed by atoms with Crippen molar-refractivity contribution < 1.29 is 4.79 Å². The number of nitrogens with one attached hydrogen (secondary N) is 1. The van der Waals surface area contributed by atoms with Crippen LogP contribution in [0.2, 0.25) is 0 Å². The van der Waals surface area contributed by atoms with E-state index in [1.54, 1.807) is 6.20 Å². The van der Waals surface area contributed by atoms with Crippen molar-refractivity contribution in [3.05, 3.63) is 84.2 Å². The fourth-order valence-electron chi connectivity index (χ4n) is 3.05. The second-order valence-electron chi connectivity index (χ2n) is 7.51. The molecule has 0 radical (unpaired) electrons. The van der Waals surface area contributed by atoms with Crippen molar-refractivity contribution in [1.82, 2.24) is 9.88 Å². The van der Waals surface area contributed by atoms with E-state index in [0.29, 0.717) is 12.2 Å². The summed E-state index contributed by atoms with van der Waals surface area (Å²) in [5.74, 6) is -0.0736. The molecule has 0 aliphatic heterocycles. The molecular weight excluding hydrogens is 360 g/mol. The average molecular weight is 389 g/mol. The van der Waals surface area contributed by atoms with E-state index in [2.05, 4.69) is 27.3 Å². The van der Waals surface area contributed by atoms with Gasteiger partial charge in [0.25, 0.3) is 5.91 Å². The van der Waals surface area contributed by atoms with Gasteiger partial charge >= 0.3 is 0 Å².